The van der Waals surface area contributed by atoms with Crippen molar-refractivity contribution >= 4 is 27.2 Å². The lowest BCUT2D eigenvalue weighted by molar-refractivity contribution is -0.137. The zero-order valence-corrected chi connectivity index (χ0v) is 11.9. The third-order valence-corrected chi connectivity index (χ3v) is 3.94. The Kier molecular flexibility index (Phi) is 3.24. The molecule has 3 aromatic rings. The Labute approximate surface area is 123 Å². The monoisotopic (exact) mass is 327 g/mol. The molecule has 0 N–H and O–H groups in total. The fourth-order valence-corrected chi connectivity index (χ4v) is 2.70. The summed E-state index contributed by atoms with van der Waals surface area (Å²) in [6.45, 7) is 0. The molecule has 1 aromatic carbocycles. The maximum absolute atomic E-state index is 12.8. The van der Waals surface area contributed by atoms with E-state index in [-0.39, 0.29) is 21.6 Å². The molecule has 0 aliphatic rings. The van der Waals surface area contributed by atoms with Gasteiger partial charge in [-0.05, 0) is 29.7 Å². The minimum Gasteiger partial charge on any atom is -0.285 e. The molecular formula is C13H8F3N3O2S. The summed E-state index contributed by atoms with van der Waals surface area (Å²) in [5, 5.41) is 7.63. The van der Waals surface area contributed by atoms with Crippen LogP contribution in [0.5, 0.6) is 0 Å². The first kappa shape index (κ1) is 14.6. The van der Waals surface area contributed by atoms with Gasteiger partial charge in [0.15, 0.2) is 0 Å². The normalized spacial score (nSPS) is 13.6. The smallest absolute Gasteiger partial charge is 0.285 e. The number of fused-ring (bicyclic) bond motifs is 2. The van der Waals surface area contributed by atoms with Gasteiger partial charge in [0.05, 0.1) is 16.4 Å². The summed E-state index contributed by atoms with van der Waals surface area (Å²) >= 11 is 0. The first-order chi connectivity index (χ1) is 10.3. The number of hydrogen-bond donors (Lipinski definition) is 0. The number of rotatable bonds is 1. The van der Waals surface area contributed by atoms with Gasteiger partial charge in [-0.15, -0.1) is 10.2 Å². The lowest BCUT2D eigenvalue weighted by Crippen LogP contribution is -2.06. The summed E-state index contributed by atoms with van der Waals surface area (Å²) in [6.07, 6.45) is -1.78. The molecule has 0 amide bonds. The van der Waals surface area contributed by atoms with Crippen molar-refractivity contribution in [2.24, 2.45) is 0 Å². The molecule has 3 rings (SSSR count). The second kappa shape index (κ2) is 4.87. The van der Waals surface area contributed by atoms with Crippen LogP contribution in [0.1, 0.15) is 5.56 Å². The van der Waals surface area contributed by atoms with E-state index >= 15 is 0 Å². The Hall–Kier alpha value is -2.29. The Bertz CT molecular complexity index is 982. The van der Waals surface area contributed by atoms with Crippen LogP contribution < -0.4 is 5.43 Å². The Balaban J connectivity index is 2.43. The van der Waals surface area contributed by atoms with E-state index in [0.717, 1.165) is 18.2 Å². The molecule has 9 heteroatoms. The van der Waals surface area contributed by atoms with Crippen LogP contribution in [0.4, 0.5) is 13.2 Å². The van der Waals surface area contributed by atoms with Gasteiger partial charge < -0.3 is 0 Å². The Morgan fingerprint density at radius 3 is 2.55 bits per heavy atom. The lowest BCUT2D eigenvalue weighted by Gasteiger charge is -2.06. The third-order valence-electron chi connectivity index (χ3n) is 3.15. The zero-order chi connectivity index (χ0) is 16.1. The maximum atomic E-state index is 12.8. The number of alkyl halides is 3. The second-order valence-electron chi connectivity index (χ2n) is 4.57. The average molecular weight is 327 g/mol. The molecule has 0 radical (unpaired) electrons. The van der Waals surface area contributed by atoms with E-state index < -0.39 is 28.0 Å². The van der Waals surface area contributed by atoms with E-state index in [2.05, 4.69) is 10.2 Å². The largest absolute Gasteiger partial charge is 0.416 e. The predicted molar refractivity (Wildman–Crippen MR) is 74.1 cm³/mol. The zero-order valence-electron chi connectivity index (χ0n) is 11.1. The van der Waals surface area contributed by atoms with Crippen LogP contribution >= 0.6 is 0 Å². The van der Waals surface area contributed by atoms with E-state index in [1.807, 2.05) is 0 Å². The molecule has 0 spiro atoms. The van der Waals surface area contributed by atoms with Gasteiger partial charge in [-0.2, -0.15) is 13.2 Å². The number of benzene rings is 1. The molecule has 2 heterocycles. The number of halogens is 3. The van der Waals surface area contributed by atoms with E-state index in [1.54, 1.807) is 0 Å². The first-order valence-electron chi connectivity index (χ1n) is 6.01. The molecule has 22 heavy (non-hydrogen) atoms. The van der Waals surface area contributed by atoms with E-state index in [0.29, 0.717) is 0 Å². The quantitative estimate of drug-likeness (QED) is 0.686. The van der Waals surface area contributed by atoms with Gasteiger partial charge in [-0.1, -0.05) is 0 Å². The van der Waals surface area contributed by atoms with Gasteiger partial charge in [0.2, 0.25) is 16.2 Å². The van der Waals surface area contributed by atoms with Crippen molar-refractivity contribution in [2.45, 2.75) is 11.3 Å². The average Bonchev–Trinajstić information content (AvgIpc) is 2.81. The van der Waals surface area contributed by atoms with E-state index in [1.165, 1.54) is 22.9 Å². The highest BCUT2D eigenvalue weighted by molar-refractivity contribution is 7.84. The molecule has 0 aliphatic carbocycles. The standard InChI is InChI=1S/C13H8F3N3O2S/c1-22(21)12-18-17-11-10(20)9-3-2-8(13(14,15)16)6-7(9)4-5-19(11)12/h2-6H,1H3. The lowest BCUT2D eigenvalue weighted by atomic mass is 10.1. The van der Waals surface area contributed by atoms with Gasteiger partial charge in [-0.25, -0.2) is 0 Å². The second-order valence-corrected chi connectivity index (χ2v) is 5.85. The predicted octanol–water partition coefficient (Wildman–Crippen LogP) is 2.00. The van der Waals surface area contributed by atoms with Crippen molar-refractivity contribution in [3.63, 3.8) is 0 Å². The van der Waals surface area contributed by atoms with Crippen molar-refractivity contribution in [3.05, 3.63) is 46.2 Å². The van der Waals surface area contributed by atoms with Crippen LogP contribution in [0.2, 0.25) is 0 Å². The Morgan fingerprint density at radius 2 is 1.91 bits per heavy atom. The SMILES string of the molecule is CS(=O)c1nnc2c(=O)c3ccc(C(F)(F)F)cc3ccn12. The van der Waals surface area contributed by atoms with E-state index in [9.17, 15) is 22.2 Å². The molecular weight excluding hydrogens is 319 g/mol. The van der Waals surface area contributed by atoms with Crippen molar-refractivity contribution in [3.8, 4) is 0 Å². The van der Waals surface area contributed by atoms with Gasteiger partial charge in [0.25, 0.3) is 0 Å². The fraction of sp³-hybridized carbons (Fsp3) is 0.154. The fourth-order valence-electron chi connectivity index (χ4n) is 2.12. The molecule has 5 nitrogen and oxygen atoms in total. The summed E-state index contributed by atoms with van der Waals surface area (Å²) in [6, 6.07) is 4.19. The summed E-state index contributed by atoms with van der Waals surface area (Å²) in [5.74, 6) is 0. The first-order valence-corrected chi connectivity index (χ1v) is 7.57. The Morgan fingerprint density at radius 1 is 1.18 bits per heavy atom. The highest BCUT2D eigenvalue weighted by Gasteiger charge is 2.30. The maximum Gasteiger partial charge on any atom is 0.416 e. The van der Waals surface area contributed by atoms with Crippen LogP contribution in [-0.2, 0) is 17.0 Å². The van der Waals surface area contributed by atoms with Crippen molar-refractivity contribution in [1.82, 2.24) is 14.6 Å². The van der Waals surface area contributed by atoms with Gasteiger partial charge in [0.1, 0.15) is 0 Å². The molecule has 114 valence electrons. The number of nitrogens with zero attached hydrogens (tertiary/aromatic N) is 3. The highest BCUT2D eigenvalue weighted by atomic mass is 32.2. The van der Waals surface area contributed by atoms with Gasteiger partial charge in [0, 0.05) is 17.8 Å². The molecule has 0 saturated carbocycles. The van der Waals surface area contributed by atoms with Gasteiger partial charge in [-0.3, -0.25) is 13.4 Å². The van der Waals surface area contributed by atoms with Crippen LogP contribution in [0, 0.1) is 0 Å². The summed E-state index contributed by atoms with van der Waals surface area (Å²) in [4.78, 5) is 12.4. The minimum absolute atomic E-state index is 0.0588. The van der Waals surface area contributed by atoms with Crippen LogP contribution in [-0.4, -0.2) is 25.1 Å². The highest BCUT2D eigenvalue weighted by Crippen LogP contribution is 2.30. The summed E-state index contributed by atoms with van der Waals surface area (Å²) in [7, 11) is -1.49. The molecule has 0 fully saturated rings. The molecule has 2 aromatic heterocycles. The molecule has 1 atom stereocenters. The summed E-state index contributed by atoms with van der Waals surface area (Å²) in [5.41, 5.74) is -1.50. The molecule has 1 unspecified atom stereocenters. The molecule has 0 aliphatic heterocycles. The van der Waals surface area contributed by atoms with Crippen LogP contribution in [0.25, 0.3) is 16.4 Å². The van der Waals surface area contributed by atoms with Gasteiger partial charge >= 0.3 is 6.18 Å². The molecule has 0 bridgehead atoms. The van der Waals surface area contributed by atoms with Crippen molar-refractivity contribution < 1.29 is 17.4 Å². The number of aromatic nitrogens is 3. The minimum atomic E-state index is -4.50. The topological polar surface area (TPSA) is 64.3 Å². The van der Waals surface area contributed by atoms with E-state index in [4.69, 9.17) is 0 Å². The number of hydrogen-bond acceptors (Lipinski definition) is 4. The van der Waals surface area contributed by atoms with Crippen molar-refractivity contribution in [1.29, 1.82) is 0 Å². The molecule has 0 saturated heterocycles. The summed E-state index contributed by atoms with van der Waals surface area (Å²) < 4.78 is 51.0. The third kappa shape index (κ3) is 2.27. The van der Waals surface area contributed by atoms with Crippen LogP contribution in [0.3, 0.4) is 0 Å². The van der Waals surface area contributed by atoms with Crippen molar-refractivity contribution in [2.75, 3.05) is 6.26 Å². The van der Waals surface area contributed by atoms with Crippen LogP contribution in [0.15, 0.2) is 40.4 Å².